The van der Waals surface area contributed by atoms with Gasteiger partial charge in [-0.3, -0.25) is 0 Å². The van der Waals surface area contributed by atoms with Crippen molar-refractivity contribution >= 4 is 12.6 Å². The van der Waals surface area contributed by atoms with E-state index in [1.54, 1.807) is 0 Å². The monoisotopic (exact) mass is 334 g/mol. The SMILES string of the molecule is CCCc1ccc(-c2cccc(S)c2)c(C(C)C)c1.CO.CO. The van der Waals surface area contributed by atoms with E-state index in [0.717, 1.165) is 25.5 Å². The summed E-state index contributed by atoms with van der Waals surface area (Å²) in [4.78, 5) is 1.02. The van der Waals surface area contributed by atoms with Crippen molar-refractivity contribution in [2.45, 2.75) is 44.4 Å². The second kappa shape index (κ2) is 12.2. The lowest BCUT2D eigenvalue weighted by atomic mass is 9.90. The smallest absolute Gasteiger partial charge is 0.0319 e. The van der Waals surface area contributed by atoms with Gasteiger partial charge >= 0.3 is 0 Å². The minimum absolute atomic E-state index is 0.537. The van der Waals surface area contributed by atoms with Crippen molar-refractivity contribution < 1.29 is 10.2 Å². The van der Waals surface area contributed by atoms with Crippen LogP contribution >= 0.6 is 12.6 Å². The first-order valence-corrected chi connectivity index (χ1v) is 8.38. The molecule has 2 aromatic carbocycles. The highest BCUT2D eigenvalue weighted by Crippen LogP contribution is 2.31. The first-order chi connectivity index (χ1) is 11.1. The Balaban J connectivity index is 0.00000112. The summed E-state index contributed by atoms with van der Waals surface area (Å²) in [5.41, 5.74) is 5.48. The molecule has 0 aliphatic rings. The Kier molecular flexibility index (Phi) is 11.5. The first kappa shape index (κ1) is 21.7. The average Bonchev–Trinajstić information content (AvgIpc) is 2.58. The molecule has 0 heterocycles. The van der Waals surface area contributed by atoms with Gasteiger partial charge in [0.15, 0.2) is 0 Å². The number of aryl methyl sites for hydroxylation is 1. The third kappa shape index (κ3) is 6.78. The molecule has 2 N–H and O–H groups in total. The van der Waals surface area contributed by atoms with Crippen LogP contribution in [0.15, 0.2) is 47.4 Å². The highest BCUT2D eigenvalue weighted by atomic mass is 32.1. The van der Waals surface area contributed by atoms with Gasteiger partial charge in [-0.1, -0.05) is 57.5 Å². The lowest BCUT2D eigenvalue weighted by molar-refractivity contribution is 0.399. The van der Waals surface area contributed by atoms with E-state index in [9.17, 15) is 0 Å². The highest BCUT2D eigenvalue weighted by molar-refractivity contribution is 7.80. The van der Waals surface area contributed by atoms with E-state index in [0.29, 0.717) is 5.92 Å². The number of rotatable bonds is 4. The molecule has 0 amide bonds. The largest absolute Gasteiger partial charge is 0.400 e. The topological polar surface area (TPSA) is 40.5 Å². The maximum Gasteiger partial charge on any atom is 0.0319 e. The van der Waals surface area contributed by atoms with Crippen molar-refractivity contribution in [3.05, 3.63) is 53.6 Å². The summed E-state index contributed by atoms with van der Waals surface area (Å²) in [6, 6.07) is 15.3. The van der Waals surface area contributed by atoms with Gasteiger partial charge in [-0.05, 0) is 46.7 Å². The van der Waals surface area contributed by atoms with E-state index in [1.165, 1.54) is 28.7 Å². The predicted molar refractivity (Wildman–Crippen MR) is 103 cm³/mol. The van der Waals surface area contributed by atoms with Crippen LogP contribution in [0.3, 0.4) is 0 Å². The van der Waals surface area contributed by atoms with Gasteiger partial charge in [0, 0.05) is 19.1 Å². The lowest BCUT2D eigenvalue weighted by Crippen LogP contribution is -1.95. The molecule has 2 aromatic rings. The first-order valence-electron chi connectivity index (χ1n) is 7.93. The maximum atomic E-state index is 7.00. The van der Waals surface area contributed by atoms with Crippen LogP contribution in [-0.4, -0.2) is 24.4 Å². The molecular formula is C20H30O2S. The Labute approximate surface area is 146 Å². The molecule has 0 fully saturated rings. The Morgan fingerprint density at radius 1 is 0.957 bits per heavy atom. The van der Waals surface area contributed by atoms with Gasteiger partial charge < -0.3 is 10.2 Å². The zero-order valence-corrected chi connectivity index (χ0v) is 15.8. The standard InChI is InChI=1S/C18H22S.2CH4O/c1-4-6-14-9-10-17(18(11-14)13(2)3)15-7-5-8-16(19)12-15;2*1-2/h5,7-13,19H,4,6H2,1-3H3;2*2H,1H3. The van der Waals surface area contributed by atoms with Crippen LogP contribution in [0.2, 0.25) is 0 Å². The van der Waals surface area contributed by atoms with Gasteiger partial charge in [0.05, 0.1) is 0 Å². The normalized spacial score (nSPS) is 9.61. The van der Waals surface area contributed by atoms with E-state index in [-0.39, 0.29) is 0 Å². The van der Waals surface area contributed by atoms with E-state index in [4.69, 9.17) is 10.2 Å². The Morgan fingerprint density at radius 2 is 1.61 bits per heavy atom. The third-order valence-electron chi connectivity index (χ3n) is 3.43. The zero-order valence-electron chi connectivity index (χ0n) is 14.9. The summed E-state index contributed by atoms with van der Waals surface area (Å²) in [7, 11) is 2.00. The van der Waals surface area contributed by atoms with Crippen LogP contribution in [0.1, 0.15) is 44.2 Å². The number of aliphatic hydroxyl groups is 2. The maximum absolute atomic E-state index is 7.00. The fraction of sp³-hybridized carbons (Fsp3) is 0.400. The van der Waals surface area contributed by atoms with Gasteiger partial charge in [0.25, 0.3) is 0 Å². The molecule has 0 aromatic heterocycles. The van der Waals surface area contributed by atoms with Crippen molar-refractivity contribution in [2.24, 2.45) is 0 Å². The molecule has 128 valence electrons. The summed E-state index contributed by atoms with van der Waals surface area (Å²) in [6.07, 6.45) is 2.36. The summed E-state index contributed by atoms with van der Waals surface area (Å²) >= 11 is 4.44. The number of hydrogen-bond donors (Lipinski definition) is 3. The Morgan fingerprint density at radius 3 is 2.13 bits per heavy atom. The molecule has 0 bridgehead atoms. The Bertz CT molecular complexity index is 565. The molecule has 0 radical (unpaired) electrons. The van der Waals surface area contributed by atoms with Crippen LogP contribution in [0, 0.1) is 0 Å². The minimum Gasteiger partial charge on any atom is -0.400 e. The lowest BCUT2D eigenvalue weighted by Gasteiger charge is -2.15. The number of benzene rings is 2. The molecule has 0 aliphatic heterocycles. The van der Waals surface area contributed by atoms with Crippen LogP contribution in [0.5, 0.6) is 0 Å². The Hall–Kier alpha value is -1.29. The second-order valence-electron chi connectivity index (χ2n) is 5.38. The minimum atomic E-state index is 0.537. The molecule has 0 unspecified atom stereocenters. The molecule has 23 heavy (non-hydrogen) atoms. The summed E-state index contributed by atoms with van der Waals surface area (Å²) in [5.74, 6) is 0.537. The quantitative estimate of drug-likeness (QED) is 0.694. The van der Waals surface area contributed by atoms with Crippen molar-refractivity contribution in [1.29, 1.82) is 0 Å². The predicted octanol–water partition coefficient (Wildman–Crippen LogP) is 4.94. The zero-order chi connectivity index (χ0) is 17.8. The van der Waals surface area contributed by atoms with Gasteiger partial charge in [0.1, 0.15) is 0 Å². The molecule has 2 nitrogen and oxygen atoms in total. The molecule has 2 rings (SSSR count). The molecule has 3 heteroatoms. The molecular weight excluding hydrogens is 304 g/mol. The molecule has 0 atom stereocenters. The van der Waals surface area contributed by atoms with Crippen LogP contribution < -0.4 is 0 Å². The van der Waals surface area contributed by atoms with Crippen LogP contribution in [0.4, 0.5) is 0 Å². The van der Waals surface area contributed by atoms with Crippen LogP contribution in [0.25, 0.3) is 11.1 Å². The molecule has 0 saturated heterocycles. The van der Waals surface area contributed by atoms with Crippen molar-refractivity contribution in [1.82, 2.24) is 0 Å². The third-order valence-corrected chi connectivity index (χ3v) is 3.71. The number of thiol groups is 1. The van der Waals surface area contributed by atoms with E-state index >= 15 is 0 Å². The summed E-state index contributed by atoms with van der Waals surface area (Å²) in [6.45, 7) is 6.76. The van der Waals surface area contributed by atoms with E-state index in [2.05, 4.69) is 69.8 Å². The fourth-order valence-corrected chi connectivity index (χ4v) is 2.70. The van der Waals surface area contributed by atoms with Crippen molar-refractivity contribution in [3.63, 3.8) is 0 Å². The van der Waals surface area contributed by atoms with Gasteiger partial charge in [0.2, 0.25) is 0 Å². The molecule has 0 saturated carbocycles. The van der Waals surface area contributed by atoms with Crippen molar-refractivity contribution in [2.75, 3.05) is 14.2 Å². The number of hydrogen-bond acceptors (Lipinski definition) is 3. The average molecular weight is 335 g/mol. The molecule has 0 aliphatic carbocycles. The van der Waals surface area contributed by atoms with Gasteiger partial charge in [-0.2, -0.15) is 0 Å². The second-order valence-corrected chi connectivity index (χ2v) is 5.89. The van der Waals surface area contributed by atoms with Crippen LogP contribution in [-0.2, 0) is 6.42 Å². The van der Waals surface area contributed by atoms with Gasteiger partial charge in [-0.25, -0.2) is 0 Å². The van der Waals surface area contributed by atoms with E-state index < -0.39 is 0 Å². The summed E-state index contributed by atoms with van der Waals surface area (Å²) < 4.78 is 0. The highest BCUT2D eigenvalue weighted by Gasteiger charge is 2.09. The van der Waals surface area contributed by atoms with E-state index in [1.807, 2.05) is 6.07 Å². The molecule has 0 spiro atoms. The summed E-state index contributed by atoms with van der Waals surface area (Å²) in [5, 5.41) is 14.0. The van der Waals surface area contributed by atoms with Gasteiger partial charge in [-0.15, -0.1) is 12.6 Å². The van der Waals surface area contributed by atoms with Crippen molar-refractivity contribution in [3.8, 4) is 11.1 Å². The number of aliphatic hydroxyl groups excluding tert-OH is 2. The fourth-order valence-electron chi connectivity index (χ4n) is 2.47.